The van der Waals surface area contributed by atoms with Gasteiger partial charge in [-0.15, -0.1) is 10.2 Å². The summed E-state index contributed by atoms with van der Waals surface area (Å²) in [6.07, 6.45) is 5.42. The van der Waals surface area contributed by atoms with Crippen molar-refractivity contribution in [2.75, 3.05) is 6.54 Å². The van der Waals surface area contributed by atoms with E-state index in [1.807, 2.05) is 0 Å². The first kappa shape index (κ1) is 15.6. The second-order valence-corrected chi connectivity index (χ2v) is 5.43. The summed E-state index contributed by atoms with van der Waals surface area (Å²) in [5.74, 6) is 0.825. The van der Waals surface area contributed by atoms with Crippen molar-refractivity contribution in [3.8, 4) is 0 Å². The topological polar surface area (TPSA) is 55.6 Å². The molecule has 1 atom stereocenters. The molecular formula is C16H25N5. The molecular weight excluding hydrogens is 262 g/mol. The molecule has 114 valence electrons. The minimum absolute atomic E-state index is 0.429. The number of benzene rings is 1. The third-order valence-corrected chi connectivity index (χ3v) is 3.52. The van der Waals surface area contributed by atoms with Gasteiger partial charge in [0.2, 0.25) is 0 Å². The molecule has 1 aromatic heterocycles. The van der Waals surface area contributed by atoms with Gasteiger partial charge in [0.1, 0.15) is 0 Å². The summed E-state index contributed by atoms with van der Waals surface area (Å²) in [5, 5.41) is 15.9. The molecule has 0 aliphatic rings. The minimum atomic E-state index is 0.429. The lowest BCUT2D eigenvalue weighted by molar-refractivity contribution is 0.456. The van der Waals surface area contributed by atoms with Crippen LogP contribution in [0.3, 0.4) is 0 Å². The number of hydrogen-bond donors (Lipinski definition) is 1. The molecule has 0 fully saturated rings. The van der Waals surface area contributed by atoms with Crippen LogP contribution in [0.2, 0.25) is 0 Å². The lowest BCUT2D eigenvalue weighted by Gasteiger charge is -2.16. The van der Waals surface area contributed by atoms with E-state index in [1.165, 1.54) is 16.8 Å². The SMILES string of the molecule is CCCNC(CCCc1ccccc1)Cc1nnn(C)n1. The highest BCUT2D eigenvalue weighted by Gasteiger charge is 2.12. The Labute approximate surface area is 126 Å². The molecule has 5 nitrogen and oxygen atoms in total. The van der Waals surface area contributed by atoms with Crippen molar-refractivity contribution < 1.29 is 0 Å². The molecule has 0 spiro atoms. The normalized spacial score (nSPS) is 12.5. The van der Waals surface area contributed by atoms with Gasteiger partial charge in [-0.3, -0.25) is 0 Å². The Morgan fingerprint density at radius 2 is 2.05 bits per heavy atom. The highest BCUT2D eigenvalue weighted by molar-refractivity contribution is 5.14. The van der Waals surface area contributed by atoms with Crippen molar-refractivity contribution in [1.29, 1.82) is 0 Å². The molecule has 0 amide bonds. The number of nitrogens with zero attached hydrogens (tertiary/aromatic N) is 4. The van der Waals surface area contributed by atoms with Crippen LogP contribution in [0.1, 0.15) is 37.6 Å². The van der Waals surface area contributed by atoms with E-state index in [2.05, 4.69) is 58.0 Å². The van der Waals surface area contributed by atoms with Gasteiger partial charge in [-0.2, -0.15) is 4.80 Å². The van der Waals surface area contributed by atoms with Crippen LogP contribution in [-0.2, 0) is 19.9 Å². The van der Waals surface area contributed by atoms with Gasteiger partial charge in [0, 0.05) is 12.5 Å². The van der Waals surface area contributed by atoms with Gasteiger partial charge in [0.05, 0.1) is 7.05 Å². The number of nitrogens with one attached hydrogen (secondary N) is 1. The van der Waals surface area contributed by atoms with Crippen molar-refractivity contribution in [2.24, 2.45) is 7.05 Å². The summed E-state index contributed by atoms with van der Waals surface area (Å²) in [4.78, 5) is 1.52. The molecule has 1 N–H and O–H groups in total. The molecule has 0 saturated carbocycles. The van der Waals surface area contributed by atoms with E-state index in [0.29, 0.717) is 6.04 Å². The molecule has 21 heavy (non-hydrogen) atoms. The monoisotopic (exact) mass is 287 g/mol. The first-order chi connectivity index (χ1) is 10.3. The Morgan fingerprint density at radius 1 is 1.24 bits per heavy atom. The molecule has 0 bridgehead atoms. The first-order valence-corrected chi connectivity index (χ1v) is 7.78. The average molecular weight is 287 g/mol. The number of hydrogen-bond acceptors (Lipinski definition) is 4. The van der Waals surface area contributed by atoms with Crippen LogP contribution in [0.25, 0.3) is 0 Å². The van der Waals surface area contributed by atoms with Gasteiger partial charge in [0.15, 0.2) is 5.82 Å². The van der Waals surface area contributed by atoms with Crippen molar-refractivity contribution in [2.45, 2.75) is 45.1 Å². The van der Waals surface area contributed by atoms with E-state index >= 15 is 0 Å². The van der Waals surface area contributed by atoms with Gasteiger partial charge >= 0.3 is 0 Å². The number of rotatable bonds is 9. The lowest BCUT2D eigenvalue weighted by Crippen LogP contribution is -2.32. The summed E-state index contributed by atoms with van der Waals surface area (Å²) in [6.45, 7) is 3.23. The third-order valence-electron chi connectivity index (χ3n) is 3.52. The number of tetrazole rings is 1. The molecule has 1 heterocycles. The van der Waals surface area contributed by atoms with Crippen LogP contribution in [-0.4, -0.2) is 32.8 Å². The summed E-state index contributed by atoms with van der Waals surface area (Å²) in [5.41, 5.74) is 1.41. The van der Waals surface area contributed by atoms with E-state index in [0.717, 1.165) is 38.1 Å². The van der Waals surface area contributed by atoms with Gasteiger partial charge in [0.25, 0.3) is 0 Å². The summed E-state index contributed by atoms with van der Waals surface area (Å²) < 4.78 is 0. The van der Waals surface area contributed by atoms with Crippen LogP contribution in [0.15, 0.2) is 30.3 Å². The highest BCUT2D eigenvalue weighted by atomic mass is 15.6. The van der Waals surface area contributed by atoms with E-state index in [1.54, 1.807) is 7.05 Å². The zero-order valence-corrected chi connectivity index (χ0v) is 13.0. The van der Waals surface area contributed by atoms with Gasteiger partial charge < -0.3 is 5.32 Å². The fourth-order valence-corrected chi connectivity index (χ4v) is 2.45. The Morgan fingerprint density at radius 3 is 2.71 bits per heavy atom. The molecule has 1 unspecified atom stereocenters. The van der Waals surface area contributed by atoms with Crippen molar-refractivity contribution in [3.63, 3.8) is 0 Å². The van der Waals surface area contributed by atoms with Gasteiger partial charge in [-0.1, -0.05) is 37.3 Å². The second-order valence-electron chi connectivity index (χ2n) is 5.43. The molecule has 0 radical (unpaired) electrons. The largest absolute Gasteiger partial charge is 0.314 e. The maximum Gasteiger partial charge on any atom is 0.176 e. The molecule has 0 saturated heterocycles. The van der Waals surface area contributed by atoms with Crippen LogP contribution in [0.5, 0.6) is 0 Å². The number of aryl methyl sites for hydroxylation is 2. The number of aromatic nitrogens is 4. The fourth-order valence-electron chi connectivity index (χ4n) is 2.45. The van der Waals surface area contributed by atoms with Crippen LogP contribution in [0.4, 0.5) is 0 Å². The van der Waals surface area contributed by atoms with E-state index in [4.69, 9.17) is 0 Å². The lowest BCUT2D eigenvalue weighted by atomic mass is 10.0. The zero-order valence-electron chi connectivity index (χ0n) is 13.0. The Hall–Kier alpha value is -1.75. The summed E-state index contributed by atoms with van der Waals surface area (Å²) in [7, 11) is 1.81. The second kappa shape index (κ2) is 8.52. The van der Waals surface area contributed by atoms with Gasteiger partial charge in [-0.05, 0) is 43.0 Å². The standard InChI is InChI=1S/C16H25N5/c1-3-12-17-15(13-16-18-20-21(2)19-16)11-7-10-14-8-5-4-6-9-14/h4-6,8-9,15,17H,3,7,10-13H2,1-2H3. The predicted molar refractivity (Wildman–Crippen MR) is 84.0 cm³/mol. The van der Waals surface area contributed by atoms with Gasteiger partial charge in [-0.25, -0.2) is 0 Å². The van der Waals surface area contributed by atoms with Crippen LogP contribution in [0, 0.1) is 0 Å². The molecule has 0 aliphatic carbocycles. The predicted octanol–water partition coefficient (Wildman–Crippen LogP) is 2.14. The van der Waals surface area contributed by atoms with E-state index in [9.17, 15) is 0 Å². The summed E-state index contributed by atoms with van der Waals surface area (Å²) in [6, 6.07) is 11.1. The molecule has 1 aromatic carbocycles. The smallest absolute Gasteiger partial charge is 0.176 e. The van der Waals surface area contributed by atoms with Crippen molar-refractivity contribution in [1.82, 2.24) is 25.5 Å². The molecule has 2 rings (SSSR count). The maximum absolute atomic E-state index is 4.28. The minimum Gasteiger partial charge on any atom is -0.314 e. The highest BCUT2D eigenvalue weighted by Crippen LogP contribution is 2.09. The quantitative estimate of drug-likeness (QED) is 0.768. The average Bonchev–Trinajstić information content (AvgIpc) is 2.91. The Bertz CT molecular complexity index is 508. The molecule has 5 heteroatoms. The maximum atomic E-state index is 4.28. The molecule has 2 aromatic rings. The van der Waals surface area contributed by atoms with Crippen LogP contribution >= 0.6 is 0 Å². The first-order valence-electron chi connectivity index (χ1n) is 7.78. The van der Waals surface area contributed by atoms with Crippen LogP contribution < -0.4 is 5.32 Å². The Kier molecular flexibility index (Phi) is 6.34. The summed E-state index contributed by atoms with van der Waals surface area (Å²) >= 11 is 0. The zero-order chi connectivity index (χ0) is 14.9. The molecule has 0 aliphatic heterocycles. The van der Waals surface area contributed by atoms with E-state index < -0.39 is 0 Å². The third kappa shape index (κ3) is 5.63. The Balaban J connectivity index is 1.81. The van der Waals surface area contributed by atoms with Crippen molar-refractivity contribution in [3.05, 3.63) is 41.7 Å². The van der Waals surface area contributed by atoms with Crippen molar-refractivity contribution >= 4 is 0 Å². The fraction of sp³-hybridized carbons (Fsp3) is 0.562. The van der Waals surface area contributed by atoms with E-state index in [-0.39, 0.29) is 0 Å².